The predicted octanol–water partition coefficient (Wildman–Crippen LogP) is 0.543. The molecule has 0 aliphatic rings. The van der Waals surface area contributed by atoms with Gasteiger partial charge in [0, 0.05) is 12.5 Å². The smallest absolute Gasteiger partial charge is 0.339 e. The molecule has 0 aromatic heterocycles. The molecule has 0 fully saturated rings. The lowest BCUT2D eigenvalue weighted by Crippen LogP contribution is -2.37. The molecule has 15 heavy (non-hydrogen) atoms. The largest absolute Gasteiger partial charge is 0.465 e. The van der Waals surface area contributed by atoms with Crippen LogP contribution in [0.5, 0.6) is 0 Å². The topological polar surface area (TPSA) is 72.8 Å². The quantitative estimate of drug-likeness (QED) is 0.420. The van der Waals surface area contributed by atoms with Gasteiger partial charge in [-0.1, -0.05) is 13.2 Å². The Morgan fingerprint density at radius 1 is 1.27 bits per heavy atom. The second kappa shape index (κ2) is 4.75. The van der Waals surface area contributed by atoms with Crippen LogP contribution in [0.15, 0.2) is 24.3 Å². The van der Waals surface area contributed by atoms with E-state index >= 15 is 0 Å². The Bertz CT molecular complexity index is 314. The highest BCUT2D eigenvalue weighted by molar-refractivity contribution is 5.91. The molecule has 0 aromatic rings. The molecule has 0 rings (SSSR count). The standard InChI is InChI=1S/C10H14O5/c1-6(2)8(11)15-10(4,13)7(3)9(12)14-5/h13H,1,3H2,2,4-5H3. The molecule has 1 atom stereocenters. The molecule has 0 saturated carbocycles. The summed E-state index contributed by atoms with van der Waals surface area (Å²) in [6.45, 7) is 9.14. The van der Waals surface area contributed by atoms with Crippen LogP contribution in [0.4, 0.5) is 0 Å². The lowest BCUT2D eigenvalue weighted by atomic mass is 10.1. The number of aliphatic hydroxyl groups is 1. The van der Waals surface area contributed by atoms with Crippen LogP contribution in [0.25, 0.3) is 0 Å². The van der Waals surface area contributed by atoms with Crippen molar-refractivity contribution in [2.45, 2.75) is 19.6 Å². The number of carbonyl (C=O) groups excluding carboxylic acids is 2. The van der Waals surface area contributed by atoms with E-state index in [9.17, 15) is 14.7 Å². The monoisotopic (exact) mass is 214 g/mol. The number of hydrogen-bond donors (Lipinski definition) is 1. The van der Waals surface area contributed by atoms with Crippen molar-refractivity contribution in [3.63, 3.8) is 0 Å². The Morgan fingerprint density at radius 3 is 2.07 bits per heavy atom. The molecule has 0 bridgehead atoms. The third-order valence-corrected chi connectivity index (χ3v) is 1.63. The van der Waals surface area contributed by atoms with E-state index in [-0.39, 0.29) is 11.1 Å². The predicted molar refractivity (Wildman–Crippen MR) is 52.7 cm³/mol. The Morgan fingerprint density at radius 2 is 1.73 bits per heavy atom. The van der Waals surface area contributed by atoms with Crippen molar-refractivity contribution in [3.05, 3.63) is 24.3 Å². The van der Waals surface area contributed by atoms with Gasteiger partial charge in [-0.25, -0.2) is 9.59 Å². The van der Waals surface area contributed by atoms with E-state index in [1.54, 1.807) is 0 Å². The maximum absolute atomic E-state index is 11.1. The summed E-state index contributed by atoms with van der Waals surface area (Å²) in [4.78, 5) is 22.1. The van der Waals surface area contributed by atoms with E-state index in [0.29, 0.717) is 0 Å². The van der Waals surface area contributed by atoms with Crippen LogP contribution < -0.4 is 0 Å². The molecule has 5 heteroatoms. The number of carbonyl (C=O) groups is 2. The molecule has 1 unspecified atom stereocenters. The first-order chi connectivity index (χ1) is 6.72. The molecule has 84 valence electrons. The molecular formula is C10H14O5. The molecule has 0 aromatic carbocycles. The molecule has 0 radical (unpaired) electrons. The van der Waals surface area contributed by atoms with E-state index in [0.717, 1.165) is 14.0 Å². The van der Waals surface area contributed by atoms with Gasteiger partial charge in [-0.3, -0.25) is 0 Å². The van der Waals surface area contributed by atoms with Crippen molar-refractivity contribution in [3.8, 4) is 0 Å². The first kappa shape index (κ1) is 13.4. The molecule has 1 N–H and O–H groups in total. The minimum atomic E-state index is -2.09. The summed E-state index contributed by atoms with van der Waals surface area (Å²) in [5, 5.41) is 9.62. The van der Waals surface area contributed by atoms with Crippen molar-refractivity contribution >= 4 is 11.9 Å². The number of hydrogen-bond acceptors (Lipinski definition) is 5. The zero-order chi connectivity index (χ0) is 12.2. The van der Waals surface area contributed by atoms with Crippen molar-refractivity contribution in [2.75, 3.05) is 7.11 Å². The van der Waals surface area contributed by atoms with Crippen LogP contribution in [-0.4, -0.2) is 29.9 Å². The van der Waals surface area contributed by atoms with Gasteiger partial charge in [0.25, 0.3) is 0 Å². The Labute approximate surface area is 88.0 Å². The van der Waals surface area contributed by atoms with E-state index in [2.05, 4.69) is 22.6 Å². The molecule has 0 aliphatic carbocycles. The summed E-state index contributed by atoms with van der Waals surface area (Å²) in [6, 6.07) is 0. The van der Waals surface area contributed by atoms with Gasteiger partial charge in [0.05, 0.1) is 7.11 Å². The Hall–Kier alpha value is -1.62. The van der Waals surface area contributed by atoms with Gasteiger partial charge < -0.3 is 14.6 Å². The molecule has 0 amide bonds. The number of rotatable bonds is 4. The fourth-order valence-electron chi connectivity index (χ4n) is 0.642. The van der Waals surface area contributed by atoms with Gasteiger partial charge in [-0.2, -0.15) is 0 Å². The van der Waals surface area contributed by atoms with Gasteiger partial charge in [-0.05, 0) is 6.92 Å². The second-order valence-electron chi connectivity index (χ2n) is 3.12. The SMILES string of the molecule is C=C(C)C(=O)OC(C)(O)C(=C)C(=O)OC. The zero-order valence-corrected chi connectivity index (χ0v) is 8.99. The number of methoxy groups -OCH3 is 1. The maximum Gasteiger partial charge on any atom is 0.339 e. The molecule has 5 nitrogen and oxygen atoms in total. The van der Waals surface area contributed by atoms with Crippen LogP contribution >= 0.6 is 0 Å². The number of ether oxygens (including phenoxy) is 2. The van der Waals surface area contributed by atoms with Crippen LogP contribution in [-0.2, 0) is 19.1 Å². The lowest BCUT2D eigenvalue weighted by molar-refractivity contribution is -0.186. The third kappa shape index (κ3) is 3.55. The molecule has 0 spiro atoms. The summed E-state index contributed by atoms with van der Waals surface area (Å²) in [7, 11) is 1.13. The lowest BCUT2D eigenvalue weighted by Gasteiger charge is -2.23. The van der Waals surface area contributed by atoms with Crippen molar-refractivity contribution < 1.29 is 24.2 Å². The van der Waals surface area contributed by atoms with Gasteiger partial charge >= 0.3 is 11.9 Å². The molecule has 0 heterocycles. The fourth-order valence-corrected chi connectivity index (χ4v) is 0.642. The van der Waals surface area contributed by atoms with Gasteiger partial charge in [0.1, 0.15) is 5.57 Å². The highest BCUT2D eigenvalue weighted by atomic mass is 16.7. The molecular weight excluding hydrogens is 200 g/mol. The van der Waals surface area contributed by atoms with Crippen LogP contribution in [0.2, 0.25) is 0 Å². The molecule has 0 saturated heterocycles. The van der Waals surface area contributed by atoms with E-state index in [1.807, 2.05) is 0 Å². The van der Waals surface area contributed by atoms with Crippen LogP contribution in [0.1, 0.15) is 13.8 Å². The Balaban J connectivity index is 4.69. The second-order valence-corrected chi connectivity index (χ2v) is 3.12. The number of esters is 2. The fraction of sp³-hybridized carbons (Fsp3) is 0.400. The summed E-state index contributed by atoms with van der Waals surface area (Å²) < 4.78 is 8.93. The van der Waals surface area contributed by atoms with Crippen LogP contribution in [0.3, 0.4) is 0 Å². The van der Waals surface area contributed by atoms with E-state index in [1.165, 1.54) is 6.92 Å². The normalized spacial score (nSPS) is 13.6. The van der Waals surface area contributed by atoms with Crippen LogP contribution in [0, 0.1) is 0 Å². The minimum Gasteiger partial charge on any atom is -0.465 e. The van der Waals surface area contributed by atoms with Gasteiger partial charge in [0.2, 0.25) is 5.79 Å². The van der Waals surface area contributed by atoms with Crippen molar-refractivity contribution in [1.82, 2.24) is 0 Å². The van der Waals surface area contributed by atoms with Gasteiger partial charge in [0.15, 0.2) is 0 Å². The highest BCUT2D eigenvalue weighted by Gasteiger charge is 2.34. The van der Waals surface area contributed by atoms with E-state index in [4.69, 9.17) is 0 Å². The third-order valence-electron chi connectivity index (χ3n) is 1.63. The van der Waals surface area contributed by atoms with Crippen molar-refractivity contribution in [2.24, 2.45) is 0 Å². The van der Waals surface area contributed by atoms with Crippen molar-refractivity contribution in [1.29, 1.82) is 0 Å². The zero-order valence-electron chi connectivity index (χ0n) is 8.99. The average Bonchev–Trinajstić information content (AvgIpc) is 2.14. The minimum absolute atomic E-state index is 0.105. The van der Waals surface area contributed by atoms with Gasteiger partial charge in [-0.15, -0.1) is 0 Å². The average molecular weight is 214 g/mol. The molecule has 0 aliphatic heterocycles. The van der Waals surface area contributed by atoms with E-state index < -0.39 is 17.7 Å². The summed E-state index contributed by atoms with van der Waals surface area (Å²) in [5.74, 6) is -3.76. The maximum atomic E-state index is 11.1. The summed E-state index contributed by atoms with van der Waals surface area (Å²) >= 11 is 0. The summed E-state index contributed by atoms with van der Waals surface area (Å²) in [6.07, 6.45) is 0. The summed E-state index contributed by atoms with van der Waals surface area (Å²) in [5.41, 5.74) is -0.257. The first-order valence-corrected chi connectivity index (χ1v) is 4.11. The first-order valence-electron chi connectivity index (χ1n) is 4.11. The highest BCUT2D eigenvalue weighted by Crippen LogP contribution is 2.18. The Kier molecular flexibility index (Phi) is 4.23.